The second-order valence-electron chi connectivity index (χ2n) is 3.12. The number of hydrogen-bond donors (Lipinski definition) is 1. The topological polar surface area (TPSA) is 82.5 Å². The van der Waals surface area contributed by atoms with Gasteiger partial charge in [-0.15, -0.1) is 5.10 Å². The Balaban J connectivity index is 1.97. The van der Waals surface area contributed by atoms with Gasteiger partial charge in [-0.2, -0.15) is 0 Å². The first kappa shape index (κ1) is 11.0. The van der Waals surface area contributed by atoms with Crippen molar-refractivity contribution in [3.8, 4) is 0 Å². The molecule has 16 heavy (non-hydrogen) atoms. The van der Waals surface area contributed by atoms with Crippen LogP contribution in [0.5, 0.6) is 0 Å². The Morgan fingerprint density at radius 2 is 2.12 bits per heavy atom. The Morgan fingerprint density at radius 3 is 2.88 bits per heavy atom. The van der Waals surface area contributed by atoms with Gasteiger partial charge in [-0.3, -0.25) is 4.98 Å². The molecule has 0 fully saturated rings. The van der Waals surface area contributed by atoms with Crippen molar-refractivity contribution in [2.45, 2.75) is 17.5 Å². The third kappa shape index (κ3) is 2.77. The molecule has 0 saturated carbocycles. The van der Waals surface area contributed by atoms with E-state index in [0.717, 1.165) is 10.9 Å². The van der Waals surface area contributed by atoms with Crippen LogP contribution in [0.2, 0.25) is 0 Å². The van der Waals surface area contributed by atoms with E-state index in [1.165, 1.54) is 5.56 Å². The van der Waals surface area contributed by atoms with Crippen LogP contribution < -0.4 is 5.73 Å². The fourth-order valence-corrected chi connectivity index (χ4v) is 2.05. The van der Waals surface area contributed by atoms with E-state index in [4.69, 9.17) is 5.73 Å². The summed E-state index contributed by atoms with van der Waals surface area (Å²) in [6.07, 6.45) is 3.55. The van der Waals surface area contributed by atoms with Gasteiger partial charge in [0.2, 0.25) is 5.16 Å². The number of rotatable bonds is 5. The van der Waals surface area contributed by atoms with Crippen molar-refractivity contribution in [3.05, 3.63) is 30.1 Å². The summed E-state index contributed by atoms with van der Waals surface area (Å²) in [5.41, 5.74) is 6.66. The molecule has 2 heterocycles. The summed E-state index contributed by atoms with van der Waals surface area (Å²) in [7, 11) is 0. The summed E-state index contributed by atoms with van der Waals surface area (Å²) in [4.78, 5) is 3.97. The Bertz CT molecular complexity index is 429. The predicted octanol–water partition coefficient (Wildman–Crippen LogP) is 0.319. The van der Waals surface area contributed by atoms with Crippen molar-refractivity contribution in [1.29, 1.82) is 0 Å². The number of pyridine rings is 1. The highest BCUT2D eigenvalue weighted by molar-refractivity contribution is 7.98. The van der Waals surface area contributed by atoms with Crippen LogP contribution in [0.25, 0.3) is 0 Å². The molecule has 0 bridgehead atoms. The van der Waals surface area contributed by atoms with E-state index < -0.39 is 0 Å². The highest BCUT2D eigenvalue weighted by atomic mass is 32.2. The lowest BCUT2D eigenvalue weighted by Gasteiger charge is -2.02. The summed E-state index contributed by atoms with van der Waals surface area (Å²) in [5.74, 6) is 0.827. The molecule has 2 rings (SSSR count). The van der Waals surface area contributed by atoms with Gasteiger partial charge in [-0.05, 0) is 28.1 Å². The molecule has 2 N–H and O–H groups in total. The van der Waals surface area contributed by atoms with Crippen molar-refractivity contribution in [1.82, 2.24) is 25.2 Å². The molecule has 0 radical (unpaired) electrons. The minimum atomic E-state index is 0.536. The van der Waals surface area contributed by atoms with E-state index >= 15 is 0 Å². The zero-order chi connectivity index (χ0) is 11.2. The molecule has 7 heteroatoms. The predicted molar refractivity (Wildman–Crippen MR) is 60.7 cm³/mol. The van der Waals surface area contributed by atoms with E-state index in [1.807, 2.05) is 12.1 Å². The molecule has 2 aromatic rings. The van der Waals surface area contributed by atoms with Gasteiger partial charge < -0.3 is 5.73 Å². The van der Waals surface area contributed by atoms with Crippen LogP contribution >= 0.6 is 11.8 Å². The second kappa shape index (κ2) is 5.57. The molecule has 2 aromatic heterocycles. The fraction of sp³-hybridized carbons (Fsp3) is 0.333. The first-order valence-electron chi connectivity index (χ1n) is 4.88. The lowest BCUT2D eigenvalue weighted by Crippen LogP contribution is -2.12. The van der Waals surface area contributed by atoms with Gasteiger partial charge in [0.25, 0.3) is 0 Å². The van der Waals surface area contributed by atoms with Crippen LogP contribution in [0.3, 0.4) is 0 Å². The Hall–Kier alpha value is -1.47. The van der Waals surface area contributed by atoms with Crippen molar-refractivity contribution in [3.63, 3.8) is 0 Å². The molecule has 0 aliphatic carbocycles. The van der Waals surface area contributed by atoms with E-state index in [2.05, 4.69) is 20.5 Å². The highest BCUT2D eigenvalue weighted by Crippen LogP contribution is 2.18. The summed E-state index contributed by atoms with van der Waals surface area (Å²) < 4.78 is 1.71. The maximum atomic E-state index is 5.46. The molecule has 0 aromatic carbocycles. The summed E-state index contributed by atoms with van der Waals surface area (Å²) in [5, 5.41) is 12.2. The molecule has 6 nitrogen and oxygen atoms in total. The van der Waals surface area contributed by atoms with E-state index in [-0.39, 0.29) is 0 Å². The van der Waals surface area contributed by atoms with E-state index in [1.54, 1.807) is 28.8 Å². The lowest BCUT2D eigenvalue weighted by molar-refractivity contribution is 0.557. The summed E-state index contributed by atoms with van der Waals surface area (Å²) in [6, 6.07) is 3.95. The summed E-state index contributed by atoms with van der Waals surface area (Å²) in [6.45, 7) is 1.18. The number of hydrogen-bond acceptors (Lipinski definition) is 6. The zero-order valence-corrected chi connectivity index (χ0v) is 9.47. The van der Waals surface area contributed by atoms with Gasteiger partial charge in [0.05, 0.1) is 6.54 Å². The first-order valence-corrected chi connectivity index (χ1v) is 5.86. The third-order valence-corrected chi connectivity index (χ3v) is 2.99. The molecule has 0 spiro atoms. The maximum absolute atomic E-state index is 5.46. The Kier molecular flexibility index (Phi) is 3.84. The highest BCUT2D eigenvalue weighted by Gasteiger charge is 2.05. The normalized spacial score (nSPS) is 10.6. The average Bonchev–Trinajstić information content (AvgIpc) is 2.76. The zero-order valence-electron chi connectivity index (χ0n) is 8.65. The second-order valence-corrected chi connectivity index (χ2v) is 4.06. The molecule has 0 atom stereocenters. The number of aromatic nitrogens is 5. The molecule has 84 valence electrons. The third-order valence-electron chi connectivity index (χ3n) is 1.96. The quantitative estimate of drug-likeness (QED) is 0.753. The van der Waals surface area contributed by atoms with Crippen LogP contribution in [-0.4, -0.2) is 31.7 Å². The van der Waals surface area contributed by atoms with Crippen molar-refractivity contribution in [2.24, 2.45) is 5.73 Å². The minimum Gasteiger partial charge on any atom is -0.329 e. The molecule has 0 aliphatic heterocycles. The van der Waals surface area contributed by atoms with Crippen LogP contribution in [0, 0.1) is 0 Å². The molecule has 0 saturated heterocycles. The molecular weight excluding hydrogens is 224 g/mol. The van der Waals surface area contributed by atoms with Crippen LogP contribution in [0.1, 0.15) is 5.56 Å². The van der Waals surface area contributed by atoms with Gasteiger partial charge in [-0.1, -0.05) is 11.8 Å². The van der Waals surface area contributed by atoms with Crippen LogP contribution in [0.4, 0.5) is 0 Å². The monoisotopic (exact) mass is 236 g/mol. The smallest absolute Gasteiger partial charge is 0.209 e. The lowest BCUT2D eigenvalue weighted by atomic mass is 10.3. The van der Waals surface area contributed by atoms with Crippen molar-refractivity contribution in [2.75, 3.05) is 6.54 Å². The number of thioether (sulfide) groups is 1. The van der Waals surface area contributed by atoms with Gasteiger partial charge in [0, 0.05) is 24.7 Å². The minimum absolute atomic E-state index is 0.536. The average molecular weight is 236 g/mol. The molecular formula is C9H12N6S. The van der Waals surface area contributed by atoms with Gasteiger partial charge in [0.1, 0.15) is 0 Å². The van der Waals surface area contributed by atoms with Crippen molar-refractivity contribution < 1.29 is 0 Å². The van der Waals surface area contributed by atoms with Gasteiger partial charge in [-0.25, -0.2) is 4.68 Å². The fourth-order valence-electron chi connectivity index (χ4n) is 1.19. The molecule has 0 aliphatic rings. The summed E-state index contributed by atoms with van der Waals surface area (Å²) >= 11 is 1.59. The molecule has 0 amide bonds. The van der Waals surface area contributed by atoms with E-state index in [0.29, 0.717) is 13.1 Å². The van der Waals surface area contributed by atoms with Crippen molar-refractivity contribution >= 4 is 11.8 Å². The van der Waals surface area contributed by atoms with Gasteiger partial charge >= 0.3 is 0 Å². The standard InChI is InChI=1S/C9H12N6S/c10-3-6-15-9(12-13-14-15)16-7-8-1-4-11-5-2-8/h1-2,4-5H,3,6-7,10H2. The largest absolute Gasteiger partial charge is 0.329 e. The maximum Gasteiger partial charge on any atom is 0.209 e. The van der Waals surface area contributed by atoms with Crippen LogP contribution in [-0.2, 0) is 12.3 Å². The Morgan fingerprint density at radius 1 is 1.31 bits per heavy atom. The molecule has 0 unspecified atom stereocenters. The van der Waals surface area contributed by atoms with Crippen LogP contribution in [0.15, 0.2) is 29.7 Å². The Labute approximate surface area is 97.2 Å². The van der Waals surface area contributed by atoms with Gasteiger partial charge in [0.15, 0.2) is 0 Å². The number of nitrogens with zero attached hydrogens (tertiary/aromatic N) is 5. The number of tetrazole rings is 1. The SMILES string of the molecule is NCCn1nnnc1SCc1ccncc1. The number of nitrogens with two attached hydrogens (primary N) is 1. The van der Waals surface area contributed by atoms with E-state index in [9.17, 15) is 0 Å². The first-order chi connectivity index (χ1) is 7.90.